The Balaban J connectivity index is 1.22. The molecule has 5 rings (SSSR count). The number of aliphatic hydroxyl groups excluding tert-OH is 1. The van der Waals surface area contributed by atoms with Crippen LogP contribution in [0.25, 0.3) is 11.0 Å². The van der Waals surface area contributed by atoms with Gasteiger partial charge in [-0.25, -0.2) is 9.78 Å². The zero-order valence-electron chi connectivity index (χ0n) is 19.4. The molecule has 4 N–H and O–H groups in total. The van der Waals surface area contributed by atoms with Gasteiger partial charge in [0.1, 0.15) is 31.5 Å². The molecular weight excluding hydrogens is 470 g/mol. The van der Waals surface area contributed by atoms with Crippen LogP contribution < -0.4 is 30.2 Å². The summed E-state index contributed by atoms with van der Waals surface area (Å²) in [5.41, 5.74) is 7.91. The molecule has 36 heavy (non-hydrogen) atoms. The number of hydrogen-bond acceptors (Lipinski definition) is 10. The summed E-state index contributed by atoms with van der Waals surface area (Å²) in [6.07, 6.45) is -0.995. The maximum atomic E-state index is 12.7. The van der Waals surface area contributed by atoms with Gasteiger partial charge >= 0.3 is 6.09 Å². The summed E-state index contributed by atoms with van der Waals surface area (Å²) in [7, 11) is 1.48. The first-order valence-electron chi connectivity index (χ1n) is 11.3. The van der Waals surface area contributed by atoms with Gasteiger partial charge in [0.25, 0.3) is 0 Å². The molecular formula is C24H25N5O7. The molecule has 1 saturated heterocycles. The highest BCUT2D eigenvalue weighted by molar-refractivity contribution is 5.90. The van der Waals surface area contributed by atoms with Crippen molar-refractivity contribution in [3.8, 4) is 17.4 Å². The minimum absolute atomic E-state index is 0.0230. The predicted molar refractivity (Wildman–Crippen MR) is 127 cm³/mol. The van der Waals surface area contributed by atoms with E-state index in [0.717, 1.165) is 0 Å². The van der Waals surface area contributed by atoms with Gasteiger partial charge in [-0.3, -0.25) is 14.7 Å². The number of hydrogen-bond donors (Lipinski definition) is 3. The number of nitrogens with zero attached hydrogens (tertiary/aromatic N) is 3. The molecule has 12 nitrogen and oxygen atoms in total. The Bertz CT molecular complexity index is 1300. The Morgan fingerprint density at radius 2 is 2.06 bits per heavy atom. The zero-order chi connectivity index (χ0) is 25.2. The second-order valence-corrected chi connectivity index (χ2v) is 8.28. The van der Waals surface area contributed by atoms with Crippen molar-refractivity contribution in [2.75, 3.05) is 38.3 Å². The van der Waals surface area contributed by atoms with Crippen molar-refractivity contribution in [2.24, 2.45) is 5.73 Å². The van der Waals surface area contributed by atoms with E-state index in [-0.39, 0.29) is 13.1 Å². The molecule has 2 amide bonds. The summed E-state index contributed by atoms with van der Waals surface area (Å²) in [5, 5.41) is 13.5. The molecule has 0 bridgehead atoms. The Hall–Kier alpha value is -4.16. The van der Waals surface area contributed by atoms with Gasteiger partial charge in [-0.2, -0.15) is 0 Å². The van der Waals surface area contributed by atoms with Crippen LogP contribution in [-0.2, 0) is 9.53 Å². The Kier molecular flexibility index (Phi) is 6.44. The van der Waals surface area contributed by atoms with Crippen LogP contribution in [-0.4, -0.2) is 72.6 Å². The minimum atomic E-state index is -1.35. The first kappa shape index (κ1) is 23.6. The summed E-state index contributed by atoms with van der Waals surface area (Å²) in [6, 6.07) is 8.79. The van der Waals surface area contributed by atoms with Crippen LogP contribution in [0, 0.1) is 0 Å². The van der Waals surface area contributed by atoms with Crippen molar-refractivity contribution >= 4 is 28.7 Å². The van der Waals surface area contributed by atoms with Gasteiger partial charge in [0, 0.05) is 23.9 Å². The number of aromatic nitrogens is 2. The number of rotatable bonds is 7. The second kappa shape index (κ2) is 9.84. The topological polar surface area (TPSA) is 158 Å². The normalized spacial score (nSPS) is 18.5. The van der Waals surface area contributed by atoms with Gasteiger partial charge in [-0.05, 0) is 24.3 Å². The quantitative estimate of drug-likeness (QED) is 0.430. The lowest BCUT2D eigenvalue weighted by Gasteiger charge is -2.21. The number of amides is 2. The van der Waals surface area contributed by atoms with Gasteiger partial charge in [0.15, 0.2) is 11.5 Å². The highest BCUT2D eigenvalue weighted by Gasteiger charge is 2.34. The van der Waals surface area contributed by atoms with Crippen LogP contribution in [0.5, 0.6) is 17.4 Å². The number of nitrogens with two attached hydrogens (primary N) is 1. The number of aliphatic hydroxyl groups is 1. The van der Waals surface area contributed by atoms with Crippen molar-refractivity contribution in [3.63, 3.8) is 0 Å². The fourth-order valence-electron chi connectivity index (χ4n) is 4.09. The van der Waals surface area contributed by atoms with Gasteiger partial charge in [-0.15, -0.1) is 0 Å². The van der Waals surface area contributed by atoms with E-state index in [1.807, 2.05) is 0 Å². The van der Waals surface area contributed by atoms with Gasteiger partial charge in [-0.1, -0.05) is 0 Å². The number of benzene rings is 1. The average molecular weight is 495 g/mol. The Labute approximate surface area is 205 Å². The van der Waals surface area contributed by atoms with Crippen molar-refractivity contribution in [1.29, 1.82) is 0 Å². The number of fused-ring (bicyclic) bond motifs is 2. The lowest BCUT2D eigenvalue weighted by molar-refractivity contribution is -0.125. The number of carbonyl (C=O) groups excluding carboxylic acids is 2. The molecule has 1 unspecified atom stereocenters. The Morgan fingerprint density at radius 3 is 2.86 bits per heavy atom. The number of nitrogens with one attached hydrogen (secondary N) is 1. The van der Waals surface area contributed by atoms with Crippen LogP contribution in [0.4, 0.5) is 10.5 Å². The largest absolute Gasteiger partial charge is 0.486 e. The minimum Gasteiger partial charge on any atom is -0.486 e. The predicted octanol–water partition coefficient (Wildman–Crippen LogP) is 0.912. The highest BCUT2D eigenvalue weighted by Crippen LogP contribution is 2.35. The molecule has 12 heteroatoms. The molecule has 0 saturated carbocycles. The van der Waals surface area contributed by atoms with Crippen molar-refractivity contribution in [3.05, 3.63) is 48.2 Å². The van der Waals surface area contributed by atoms with E-state index in [9.17, 15) is 14.7 Å². The second-order valence-electron chi connectivity index (χ2n) is 8.28. The highest BCUT2D eigenvalue weighted by atomic mass is 16.6. The third-order valence-electron chi connectivity index (χ3n) is 5.98. The van der Waals surface area contributed by atoms with E-state index in [1.54, 1.807) is 36.4 Å². The lowest BCUT2D eigenvalue weighted by atomic mass is 10.0. The molecule has 0 radical (unpaired) electrons. The van der Waals surface area contributed by atoms with E-state index in [4.69, 9.17) is 24.7 Å². The summed E-state index contributed by atoms with van der Waals surface area (Å²) in [5.74, 6) is 0.903. The van der Waals surface area contributed by atoms with Crippen LogP contribution in [0.2, 0.25) is 0 Å². The Morgan fingerprint density at radius 1 is 1.25 bits per heavy atom. The van der Waals surface area contributed by atoms with Gasteiger partial charge < -0.3 is 35.1 Å². The lowest BCUT2D eigenvalue weighted by Crippen LogP contribution is -2.47. The fourth-order valence-corrected chi connectivity index (χ4v) is 4.09. The van der Waals surface area contributed by atoms with Gasteiger partial charge in [0.2, 0.25) is 11.8 Å². The molecule has 0 aliphatic carbocycles. The molecule has 2 aromatic heterocycles. The molecule has 2 aliphatic heterocycles. The maximum absolute atomic E-state index is 12.7. The first-order valence-corrected chi connectivity index (χ1v) is 11.3. The number of cyclic esters (lactones) is 1. The molecule has 1 aromatic carbocycles. The van der Waals surface area contributed by atoms with Crippen LogP contribution in [0.1, 0.15) is 11.7 Å². The summed E-state index contributed by atoms with van der Waals surface area (Å²) in [6.45, 7) is 1.14. The first-order chi connectivity index (χ1) is 17.4. The standard InChI is InChI=1S/C24H25N5O7/c1-33-19-5-3-16-21(28-19)15(6-7-26-16)22(30)20(25)23(31)27-11-14-12-29(24(32)36-14)13-2-4-17-18(10-13)35-9-8-34-17/h2-7,10,14,20,22,30H,8-9,11-12,25H2,1H3,(H,27,31)/t14?,20-,22-/m1/s1. The van der Waals surface area contributed by atoms with Crippen LogP contribution >= 0.6 is 0 Å². The maximum Gasteiger partial charge on any atom is 0.414 e. The molecule has 3 atom stereocenters. The van der Waals surface area contributed by atoms with E-state index in [1.165, 1.54) is 18.2 Å². The summed E-state index contributed by atoms with van der Waals surface area (Å²) >= 11 is 0. The van der Waals surface area contributed by atoms with Crippen molar-refractivity contribution < 1.29 is 33.6 Å². The fraction of sp³-hybridized carbons (Fsp3) is 0.333. The molecule has 0 spiro atoms. The van der Waals surface area contributed by atoms with Crippen molar-refractivity contribution in [1.82, 2.24) is 15.3 Å². The zero-order valence-corrected chi connectivity index (χ0v) is 19.4. The molecule has 2 aliphatic rings. The van der Waals surface area contributed by atoms with Crippen molar-refractivity contribution in [2.45, 2.75) is 18.2 Å². The smallest absolute Gasteiger partial charge is 0.414 e. The van der Waals surface area contributed by atoms with Crippen LogP contribution in [0.15, 0.2) is 42.6 Å². The molecule has 1 fully saturated rings. The molecule has 4 heterocycles. The number of pyridine rings is 2. The summed E-state index contributed by atoms with van der Waals surface area (Å²) in [4.78, 5) is 35.2. The summed E-state index contributed by atoms with van der Waals surface area (Å²) < 4.78 is 21.6. The van der Waals surface area contributed by atoms with E-state index in [2.05, 4.69) is 15.3 Å². The van der Waals surface area contributed by atoms with E-state index in [0.29, 0.717) is 52.9 Å². The third-order valence-corrected chi connectivity index (χ3v) is 5.98. The van der Waals surface area contributed by atoms with Gasteiger partial charge in [0.05, 0.1) is 36.9 Å². The molecule has 188 valence electrons. The SMILES string of the molecule is COc1ccc2nccc([C@@H](O)[C@@H](N)C(=O)NCC3CN(c4ccc5c(c4)OCCO5)C(=O)O3)c2n1. The number of carbonyl (C=O) groups is 2. The number of anilines is 1. The third kappa shape index (κ3) is 4.55. The number of methoxy groups -OCH3 is 1. The van der Waals surface area contributed by atoms with E-state index < -0.39 is 30.3 Å². The van der Waals surface area contributed by atoms with E-state index >= 15 is 0 Å². The van der Waals surface area contributed by atoms with Crippen LogP contribution in [0.3, 0.4) is 0 Å². The average Bonchev–Trinajstić information content (AvgIpc) is 3.30. The monoisotopic (exact) mass is 495 g/mol. The molecule has 3 aromatic rings. The number of ether oxygens (including phenoxy) is 4.